The van der Waals surface area contributed by atoms with Gasteiger partial charge in [-0.25, -0.2) is 14.1 Å². The number of aliphatic imine (C=N–C) groups is 1. The molecule has 1 aliphatic heterocycles. The highest BCUT2D eigenvalue weighted by atomic mass is 31.2. The number of rotatable bonds is 15. The first-order valence-corrected chi connectivity index (χ1v) is 16.9. The Kier molecular flexibility index (Phi) is 11.6. The van der Waals surface area contributed by atoms with E-state index in [0.717, 1.165) is 0 Å². The highest BCUT2D eigenvalue weighted by Crippen LogP contribution is 2.50. The summed E-state index contributed by atoms with van der Waals surface area (Å²) in [6.45, 7) is 6.99. The maximum absolute atomic E-state index is 14.4. The van der Waals surface area contributed by atoms with Crippen molar-refractivity contribution >= 4 is 43.2 Å². The van der Waals surface area contributed by atoms with E-state index >= 15 is 0 Å². The molecule has 4 rings (SSSR count). The summed E-state index contributed by atoms with van der Waals surface area (Å²) in [5, 5.41) is 6.93. The zero-order valence-corrected chi connectivity index (χ0v) is 28.5. The van der Waals surface area contributed by atoms with Gasteiger partial charge >= 0.3 is 25.7 Å². The molecule has 16 nitrogen and oxygen atoms in total. The van der Waals surface area contributed by atoms with Crippen molar-refractivity contribution in [2.45, 2.75) is 76.9 Å². The number of esters is 3. The fraction of sp³-hybridized carbons (Fsp3) is 0.484. The van der Waals surface area contributed by atoms with Gasteiger partial charge < -0.3 is 29.2 Å². The van der Waals surface area contributed by atoms with Crippen molar-refractivity contribution in [3.63, 3.8) is 0 Å². The van der Waals surface area contributed by atoms with Crippen LogP contribution in [0.2, 0.25) is 0 Å². The maximum Gasteiger partial charge on any atom is 0.459 e. The lowest BCUT2D eigenvalue weighted by Crippen LogP contribution is -2.56. The molecule has 0 aliphatic carbocycles. The Morgan fingerprint density at radius 3 is 2.50 bits per heavy atom. The van der Waals surface area contributed by atoms with Gasteiger partial charge in [-0.05, 0) is 45.0 Å². The number of nitrogens with zero attached hydrogens (tertiary/aromatic N) is 4. The van der Waals surface area contributed by atoms with Gasteiger partial charge in [-0.3, -0.25) is 23.9 Å². The highest BCUT2D eigenvalue weighted by Gasteiger charge is 2.66. The molecule has 0 amide bonds. The second-order valence-electron chi connectivity index (χ2n) is 11.2. The Bertz CT molecular complexity index is 1680. The summed E-state index contributed by atoms with van der Waals surface area (Å²) in [5.74, 6) is -1.70. The molecule has 48 heavy (non-hydrogen) atoms. The van der Waals surface area contributed by atoms with E-state index in [1.165, 1.54) is 31.0 Å². The number of para-hydroxylation sites is 1. The number of carbonyl (C=O) groups is 3. The normalized spacial score (nSPS) is 22.8. The van der Waals surface area contributed by atoms with Crippen LogP contribution in [-0.4, -0.2) is 82.8 Å². The molecule has 17 heteroatoms. The molecule has 0 bridgehead atoms. The van der Waals surface area contributed by atoms with Crippen molar-refractivity contribution in [2.75, 3.05) is 26.0 Å². The van der Waals surface area contributed by atoms with E-state index in [1.54, 1.807) is 70.2 Å². The standard InChI is InChI=1S/C31H41N6O10P/c1-7-25(38)45-29-30(16-33-6,17-43-48(41,47-22-12-10-9-11-13-22)36-21(5)28(40)44-20(3)4)42-18-31(29,46-26(39)8-2)24-15-14-23-27(32)34-19-35-37(23)24/h9-16,19-21,29H,7-8,17-18H2,1-6H3,(H,36,41)(H2,32,34,35)/b33-16-/t21-,29+,30+,31-,48-/m0/s1. The van der Waals surface area contributed by atoms with Gasteiger partial charge in [0, 0.05) is 26.1 Å². The lowest BCUT2D eigenvalue weighted by atomic mass is 9.85. The number of hydrogen-bond acceptors (Lipinski definition) is 14. The molecule has 3 heterocycles. The number of benzene rings is 1. The van der Waals surface area contributed by atoms with Crippen LogP contribution >= 0.6 is 7.75 Å². The third-order valence-electron chi connectivity index (χ3n) is 7.29. The number of anilines is 1. The van der Waals surface area contributed by atoms with Crippen LogP contribution in [0.25, 0.3) is 5.52 Å². The molecule has 1 saturated heterocycles. The minimum absolute atomic E-state index is 0.0314. The van der Waals surface area contributed by atoms with Gasteiger partial charge in [-0.1, -0.05) is 32.0 Å². The van der Waals surface area contributed by atoms with Crippen molar-refractivity contribution < 1.29 is 46.9 Å². The highest BCUT2D eigenvalue weighted by molar-refractivity contribution is 7.52. The quantitative estimate of drug-likeness (QED) is 0.102. The Labute approximate surface area is 277 Å². The fourth-order valence-corrected chi connectivity index (χ4v) is 6.62. The van der Waals surface area contributed by atoms with Crippen LogP contribution in [0.15, 0.2) is 53.8 Å². The van der Waals surface area contributed by atoms with Gasteiger partial charge in [0.25, 0.3) is 0 Å². The Hall–Kier alpha value is -4.37. The number of aromatic nitrogens is 3. The summed E-state index contributed by atoms with van der Waals surface area (Å²) < 4.78 is 51.4. The van der Waals surface area contributed by atoms with Crippen LogP contribution in [0.1, 0.15) is 53.2 Å². The van der Waals surface area contributed by atoms with Crippen molar-refractivity contribution in [2.24, 2.45) is 4.99 Å². The van der Waals surface area contributed by atoms with Crippen molar-refractivity contribution in [3.8, 4) is 5.75 Å². The first-order valence-electron chi connectivity index (χ1n) is 15.4. The molecule has 1 aliphatic rings. The van der Waals surface area contributed by atoms with E-state index in [1.807, 2.05) is 0 Å². The molecule has 0 spiro atoms. The van der Waals surface area contributed by atoms with E-state index in [0.29, 0.717) is 5.52 Å². The SMILES string of the molecule is CCC(=O)O[C@@H]1[C@@](/C=N\C)(CO[P@@](=O)(N[C@@H](C)C(=O)OC(C)C)Oc2ccccc2)OC[C@]1(OC(=O)CC)c1ccc2c(N)ncnn12. The molecule has 3 aromatic rings. The number of hydrogen-bond donors (Lipinski definition) is 2. The van der Waals surface area contributed by atoms with Crippen LogP contribution in [0.3, 0.4) is 0 Å². The molecular weight excluding hydrogens is 647 g/mol. The van der Waals surface area contributed by atoms with E-state index in [-0.39, 0.29) is 36.7 Å². The zero-order chi connectivity index (χ0) is 35.1. The predicted molar refractivity (Wildman–Crippen MR) is 173 cm³/mol. The molecule has 1 aromatic carbocycles. The third kappa shape index (κ3) is 7.84. The second kappa shape index (κ2) is 15.2. The number of nitrogens with two attached hydrogens (primary N) is 1. The molecule has 1 fully saturated rings. The van der Waals surface area contributed by atoms with E-state index in [9.17, 15) is 18.9 Å². The van der Waals surface area contributed by atoms with Gasteiger partial charge in [0.1, 0.15) is 23.6 Å². The molecule has 0 unspecified atom stereocenters. The minimum atomic E-state index is -4.44. The summed E-state index contributed by atoms with van der Waals surface area (Å²) in [6.07, 6.45) is 0.542. The number of carbonyl (C=O) groups excluding carboxylic acids is 3. The molecule has 3 N–H and O–H groups in total. The van der Waals surface area contributed by atoms with Gasteiger partial charge in [0.05, 0.1) is 25.0 Å². The van der Waals surface area contributed by atoms with Gasteiger partial charge in [0.2, 0.25) is 5.60 Å². The summed E-state index contributed by atoms with van der Waals surface area (Å²) in [7, 11) is -3.00. The lowest BCUT2D eigenvalue weighted by Gasteiger charge is -2.38. The molecule has 2 aromatic heterocycles. The van der Waals surface area contributed by atoms with Crippen molar-refractivity contribution in [1.29, 1.82) is 0 Å². The van der Waals surface area contributed by atoms with Crippen molar-refractivity contribution in [3.05, 3.63) is 54.5 Å². The van der Waals surface area contributed by atoms with Crippen LogP contribution < -0.4 is 15.3 Å². The monoisotopic (exact) mass is 688 g/mol. The lowest BCUT2D eigenvalue weighted by molar-refractivity contribution is -0.186. The van der Waals surface area contributed by atoms with Crippen LogP contribution in [0, 0.1) is 0 Å². The van der Waals surface area contributed by atoms with Crippen LogP contribution in [0.5, 0.6) is 5.75 Å². The number of fused-ring (bicyclic) bond motifs is 1. The summed E-state index contributed by atoms with van der Waals surface area (Å²) in [6, 6.07) is 10.3. The number of ether oxygens (including phenoxy) is 4. The fourth-order valence-electron chi connectivity index (χ4n) is 5.09. The first-order chi connectivity index (χ1) is 22.8. The van der Waals surface area contributed by atoms with Crippen LogP contribution in [-0.2, 0) is 48.0 Å². The van der Waals surface area contributed by atoms with E-state index in [4.69, 9.17) is 33.7 Å². The second-order valence-corrected chi connectivity index (χ2v) is 12.9. The summed E-state index contributed by atoms with van der Waals surface area (Å²) in [4.78, 5) is 47.0. The molecule has 0 radical (unpaired) electrons. The zero-order valence-electron chi connectivity index (χ0n) is 27.7. The summed E-state index contributed by atoms with van der Waals surface area (Å²) >= 11 is 0. The van der Waals surface area contributed by atoms with Crippen molar-refractivity contribution in [1.82, 2.24) is 19.7 Å². The van der Waals surface area contributed by atoms with E-state index < -0.39 is 61.7 Å². The predicted octanol–water partition coefficient (Wildman–Crippen LogP) is 3.38. The first kappa shape index (κ1) is 36.5. The third-order valence-corrected chi connectivity index (χ3v) is 8.92. The Morgan fingerprint density at radius 1 is 1.15 bits per heavy atom. The smallest absolute Gasteiger partial charge is 0.459 e. The van der Waals surface area contributed by atoms with Crippen LogP contribution in [0.4, 0.5) is 5.82 Å². The average Bonchev–Trinajstić information content (AvgIpc) is 3.62. The largest absolute Gasteiger partial charge is 0.462 e. The minimum Gasteiger partial charge on any atom is -0.462 e. The number of nitrogen functional groups attached to an aromatic ring is 1. The molecule has 0 saturated carbocycles. The molecule has 260 valence electrons. The average molecular weight is 689 g/mol. The molecular formula is C31H41N6O10P. The van der Waals surface area contributed by atoms with E-state index in [2.05, 4.69) is 20.2 Å². The molecule has 5 atom stereocenters. The van der Waals surface area contributed by atoms with Gasteiger partial charge in [-0.15, -0.1) is 0 Å². The van der Waals surface area contributed by atoms with Gasteiger partial charge in [-0.2, -0.15) is 10.2 Å². The summed E-state index contributed by atoms with van der Waals surface area (Å²) in [5.41, 5.74) is 3.09. The maximum atomic E-state index is 14.4. The number of nitrogens with one attached hydrogen (secondary N) is 1. The topological polar surface area (TPSA) is 204 Å². The Balaban J connectivity index is 1.82. The Morgan fingerprint density at radius 2 is 1.85 bits per heavy atom. The van der Waals surface area contributed by atoms with Gasteiger partial charge in [0.15, 0.2) is 17.5 Å².